The Morgan fingerprint density at radius 1 is 1.16 bits per heavy atom. The standard InChI is InChI=1S/C16H17BrFN/c1-3-19-16(12-5-7-13(18)8-6-12)14-10-11(2)4-9-15(14)17/h4-10,16,19H,3H2,1-2H3. The SMILES string of the molecule is CCNC(c1ccc(F)cc1)c1cc(C)ccc1Br. The Bertz CT molecular complexity index is 551. The van der Waals surface area contributed by atoms with E-state index in [1.54, 1.807) is 0 Å². The van der Waals surface area contributed by atoms with Gasteiger partial charge in [0.15, 0.2) is 0 Å². The quantitative estimate of drug-likeness (QED) is 0.868. The molecule has 1 atom stereocenters. The van der Waals surface area contributed by atoms with Crippen LogP contribution in [-0.4, -0.2) is 6.54 Å². The summed E-state index contributed by atoms with van der Waals surface area (Å²) >= 11 is 3.60. The molecule has 0 saturated heterocycles. The van der Waals surface area contributed by atoms with Crippen LogP contribution in [0, 0.1) is 12.7 Å². The molecule has 2 aromatic rings. The second-order valence-electron chi connectivity index (χ2n) is 4.57. The number of halogens is 2. The highest BCUT2D eigenvalue weighted by molar-refractivity contribution is 9.10. The van der Waals surface area contributed by atoms with Crippen molar-refractivity contribution >= 4 is 15.9 Å². The lowest BCUT2D eigenvalue weighted by Crippen LogP contribution is -2.22. The molecule has 0 aromatic heterocycles. The first-order valence-corrected chi connectivity index (χ1v) is 7.16. The maximum Gasteiger partial charge on any atom is 0.123 e. The highest BCUT2D eigenvalue weighted by atomic mass is 79.9. The minimum absolute atomic E-state index is 0.0693. The number of hydrogen-bond donors (Lipinski definition) is 1. The Kier molecular flexibility index (Phi) is 4.72. The summed E-state index contributed by atoms with van der Waals surface area (Å²) in [7, 11) is 0. The maximum atomic E-state index is 13.1. The largest absolute Gasteiger partial charge is 0.306 e. The van der Waals surface area contributed by atoms with Crippen molar-refractivity contribution in [2.24, 2.45) is 0 Å². The Labute approximate surface area is 122 Å². The molecule has 0 spiro atoms. The maximum absolute atomic E-state index is 13.1. The lowest BCUT2D eigenvalue weighted by atomic mass is 9.97. The van der Waals surface area contributed by atoms with Gasteiger partial charge < -0.3 is 5.32 Å². The first-order chi connectivity index (χ1) is 9.11. The van der Waals surface area contributed by atoms with E-state index in [9.17, 15) is 4.39 Å². The van der Waals surface area contributed by atoms with Crippen LogP contribution < -0.4 is 5.32 Å². The number of nitrogens with one attached hydrogen (secondary N) is 1. The molecule has 3 heteroatoms. The van der Waals surface area contributed by atoms with Gasteiger partial charge in [-0.15, -0.1) is 0 Å². The molecule has 1 nitrogen and oxygen atoms in total. The van der Waals surface area contributed by atoms with Gasteiger partial charge in [0.2, 0.25) is 0 Å². The molecule has 0 fully saturated rings. The fraction of sp³-hybridized carbons (Fsp3) is 0.250. The third-order valence-corrected chi connectivity index (χ3v) is 3.80. The van der Waals surface area contributed by atoms with Crippen LogP contribution in [0.2, 0.25) is 0 Å². The Morgan fingerprint density at radius 3 is 2.47 bits per heavy atom. The Hall–Kier alpha value is -1.19. The summed E-state index contributed by atoms with van der Waals surface area (Å²) in [4.78, 5) is 0. The zero-order chi connectivity index (χ0) is 13.8. The summed E-state index contributed by atoms with van der Waals surface area (Å²) in [6.07, 6.45) is 0. The number of benzene rings is 2. The van der Waals surface area contributed by atoms with Crippen LogP contribution in [0.3, 0.4) is 0 Å². The van der Waals surface area contributed by atoms with Gasteiger partial charge >= 0.3 is 0 Å². The van der Waals surface area contributed by atoms with Crippen molar-refractivity contribution in [2.45, 2.75) is 19.9 Å². The van der Waals surface area contributed by atoms with E-state index in [4.69, 9.17) is 0 Å². The van der Waals surface area contributed by atoms with Crippen molar-refractivity contribution in [3.8, 4) is 0 Å². The van der Waals surface area contributed by atoms with Gasteiger partial charge in [0.05, 0.1) is 6.04 Å². The molecule has 0 amide bonds. The van der Waals surface area contributed by atoms with E-state index < -0.39 is 0 Å². The van der Waals surface area contributed by atoms with Gasteiger partial charge in [-0.1, -0.05) is 52.7 Å². The van der Waals surface area contributed by atoms with Crippen molar-refractivity contribution in [3.63, 3.8) is 0 Å². The fourth-order valence-electron chi connectivity index (χ4n) is 2.15. The van der Waals surface area contributed by atoms with Crippen molar-refractivity contribution in [1.82, 2.24) is 5.32 Å². The van der Waals surface area contributed by atoms with Crippen LogP contribution in [0.4, 0.5) is 4.39 Å². The zero-order valence-corrected chi connectivity index (χ0v) is 12.7. The highest BCUT2D eigenvalue weighted by Gasteiger charge is 2.15. The van der Waals surface area contributed by atoms with Crippen LogP contribution in [0.5, 0.6) is 0 Å². The van der Waals surface area contributed by atoms with Crippen LogP contribution in [0.25, 0.3) is 0 Å². The molecule has 0 radical (unpaired) electrons. The van der Waals surface area contributed by atoms with E-state index in [0.29, 0.717) is 0 Å². The van der Waals surface area contributed by atoms with Gasteiger partial charge in [0, 0.05) is 4.47 Å². The summed E-state index contributed by atoms with van der Waals surface area (Å²) in [5, 5.41) is 3.45. The van der Waals surface area contributed by atoms with Crippen molar-refractivity contribution < 1.29 is 4.39 Å². The number of hydrogen-bond acceptors (Lipinski definition) is 1. The molecular formula is C16H17BrFN. The van der Waals surface area contributed by atoms with Crippen molar-refractivity contribution in [1.29, 1.82) is 0 Å². The van der Waals surface area contributed by atoms with E-state index in [1.165, 1.54) is 23.3 Å². The third-order valence-electron chi connectivity index (χ3n) is 3.07. The van der Waals surface area contributed by atoms with E-state index in [2.05, 4.69) is 53.3 Å². The predicted molar refractivity (Wildman–Crippen MR) is 80.8 cm³/mol. The summed E-state index contributed by atoms with van der Waals surface area (Å²) < 4.78 is 14.1. The first-order valence-electron chi connectivity index (χ1n) is 6.36. The van der Waals surface area contributed by atoms with Crippen molar-refractivity contribution in [3.05, 3.63) is 69.4 Å². The van der Waals surface area contributed by atoms with E-state index >= 15 is 0 Å². The van der Waals surface area contributed by atoms with E-state index in [-0.39, 0.29) is 11.9 Å². The summed E-state index contributed by atoms with van der Waals surface area (Å²) in [5.74, 6) is -0.206. The van der Waals surface area contributed by atoms with Crippen molar-refractivity contribution in [2.75, 3.05) is 6.54 Å². The molecule has 0 saturated carbocycles. The van der Waals surface area contributed by atoms with Gasteiger partial charge in [-0.05, 0) is 42.8 Å². The Morgan fingerprint density at radius 2 is 1.84 bits per heavy atom. The monoisotopic (exact) mass is 321 g/mol. The summed E-state index contributed by atoms with van der Waals surface area (Å²) in [5.41, 5.74) is 3.45. The molecular weight excluding hydrogens is 305 g/mol. The molecule has 1 unspecified atom stereocenters. The topological polar surface area (TPSA) is 12.0 Å². The molecule has 19 heavy (non-hydrogen) atoms. The average Bonchev–Trinajstić information content (AvgIpc) is 2.40. The minimum Gasteiger partial charge on any atom is -0.306 e. The van der Waals surface area contributed by atoms with E-state index in [1.807, 2.05) is 12.1 Å². The van der Waals surface area contributed by atoms with Gasteiger partial charge in [-0.2, -0.15) is 0 Å². The number of rotatable bonds is 4. The molecule has 1 N–H and O–H groups in total. The molecule has 0 aliphatic rings. The van der Waals surface area contributed by atoms with Gasteiger partial charge in [0.1, 0.15) is 5.82 Å². The lowest BCUT2D eigenvalue weighted by molar-refractivity contribution is 0.612. The highest BCUT2D eigenvalue weighted by Crippen LogP contribution is 2.29. The van der Waals surface area contributed by atoms with Crippen LogP contribution in [0.1, 0.15) is 29.7 Å². The predicted octanol–water partition coefficient (Wildman–Crippen LogP) is 4.60. The molecule has 0 aliphatic carbocycles. The smallest absolute Gasteiger partial charge is 0.123 e. The fourth-order valence-corrected chi connectivity index (χ4v) is 2.63. The molecule has 2 rings (SSSR count). The van der Waals surface area contributed by atoms with Crippen LogP contribution in [0.15, 0.2) is 46.9 Å². The van der Waals surface area contributed by atoms with Crippen LogP contribution >= 0.6 is 15.9 Å². The molecule has 0 heterocycles. The molecule has 100 valence electrons. The van der Waals surface area contributed by atoms with Crippen LogP contribution in [-0.2, 0) is 0 Å². The lowest BCUT2D eigenvalue weighted by Gasteiger charge is -2.21. The molecule has 0 aliphatic heterocycles. The van der Waals surface area contributed by atoms with E-state index in [0.717, 1.165) is 16.6 Å². The Balaban J connectivity index is 2.44. The molecule has 0 bridgehead atoms. The second kappa shape index (κ2) is 6.31. The summed E-state index contributed by atoms with van der Waals surface area (Å²) in [6.45, 7) is 4.99. The second-order valence-corrected chi connectivity index (χ2v) is 5.42. The number of aryl methyl sites for hydroxylation is 1. The van der Waals surface area contributed by atoms with Gasteiger partial charge in [-0.25, -0.2) is 4.39 Å². The third kappa shape index (κ3) is 3.43. The normalized spacial score (nSPS) is 12.4. The van der Waals surface area contributed by atoms with Gasteiger partial charge in [-0.3, -0.25) is 0 Å². The first kappa shape index (κ1) is 14.2. The van der Waals surface area contributed by atoms with Gasteiger partial charge in [0.25, 0.3) is 0 Å². The summed E-state index contributed by atoms with van der Waals surface area (Å²) in [6, 6.07) is 13.0. The average molecular weight is 322 g/mol. The minimum atomic E-state index is -0.206. The molecule has 2 aromatic carbocycles. The zero-order valence-electron chi connectivity index (χ0n) is 11.1.